The van der Waals surface area contributed by atoms with Crippen molar-refractivity contribution >= 4 is 16.2 Å². The van der Waals surface area contributed by atoms with Crippen LogP contribution < -0.4 is 0 Å². The summed E-state index contributed by atoms with van der Waals surface area (Å²) < 4.78 is 62.2. The van der Waals surface area contributed by atoms with Crippen LogP contribution in [0.5, 0.6) is 0 Å². The van der Waals surface area contributed by atoms with Crippen LogP contribution in [-0.2, 0) is 14.3 Å². The summed E-state index contributed by atoms with van der Waals surface area (Å²) in [6, 6.07) is 6.48. The molecule has 7 heteroatoms. The zero-order chi connectivity index (χ0) is 12.7. The average molecular weight is 264 g/mol. The number of hydrogen-bond donors (Lipinski definition) is 0. The molecule has 0 aliphatic heterocycles. The van der Waals surface area contributed by atoms with Gasteiger partial charge in [-0.25, -0.2) is 0 Å². The number of rotatable bonds is 2. The average Bonchev–Trinajstić information content (AvgIpc) is 2.60. The first-order chi connectivity index (χ1) is 7.81. The summed E-state index contributed by atoms with van der Waals surface area (Å²) in [7, 11) is -5.58. The molecule has 1 aromatic carbocycles. The van der Waals surface area contributed by atoms with Crippen molar-refractivity contribution in [1.82, 2.24) is 0 Å². The van der Waals surface area contributed by atoms with Gasteiger partial charge in [-0.15, -0.1) is 0 Å². The third-order valence-electron chi connectivity index (χ3n) is 2.27. The number of alkyl halides is 3. The van der Waals surface area contributed by atoms with Crippen LogP contribution in [0.15, 0.2) is 30.3 Å². The Labute approximate surface area is 95.6 Å². The zero-order valence-electron chi connectivity index (χ0n) is 8.31. The lowest BCUT2D eigenvalue weighted by Crippen LogP contribution is -2.26. The van der Waals surface area contributed by atoms with E-state index in [0.29, 0.717) is 11.1 Å². The number of halogens is 3. The molecule has 1 aromatic rings. The molecule has 0 saturated heterocycles. The van der Waals surface area contributed by atoms with E-state index in [2.05, 4.69) is 4.18 Å². The fraction of sp³-hybridized carbons (Fsp3) is 0.200. The van der Waals surface area contributed by atoms with Gasteiger partial charge in [-0.3, -0.25) is 4.18 Å². The highest BCUT2D eigenvalue weighted by Crippen LogP contribution is 2.35. The predicted octanol–water partition coefficient (Wildman–Crippen LogP) is 2.62. The van der Waals surface area contributed by atoms with Gasteiger partial charge in [0, 0.05) is 0 Å². The summed E-state index contributed by atoms with van der Waals surface area (Å²) in [5.41, 5.74) is -4.35. The van der Waals surface area contributed by atoms with Gasteiger partial charge >= 0.3 is 15.6 Å². The van der Waals surface area contributed by atoms with Crippen molar-refractivity contribution in [3.8, 4) is 0 Å². The zero-order valence-corrected chi connectivity index (χ0v) is 9.12. The van der Waals surface area contributed by atoms with Crippen LogP contribution in [0.3, 0.4) is 0 Å². The van der Waals surface area contributed by atoms with Gasteiger partial charge in [-0.05, 0) is 17.2 Å². The Morgan fingerprint density at radius 1 is 1.18 bits per heavy atom. The first kappa shape index (κ1) is 12.1. The van der Waals surface area contributed by atoms with Gasteiger partial charge in [-0.1, -0.05) is 30.3 Å². The highest BCUT2D eigenvalue weighted by molar-refractivity contribution is 7.87. The highest BCUT2D eigenvalue weighted by atomic mass is 32.2. The van der Waals surface area contributed by atoms with Crippen LogP contribution in [0.2, 0.25) is 0 Å². The molecule has 1 atom stereocenters. The lowest BCUT2D eigenvalue weighted by atomic mass is 10.1. The summed E-state index contributed by atoms with van der Waals surface area (Å²) in [5.74, 6) is 0. The molecule has 1 aliphatic rings. The molecule has 1 unspecified atom stereocenters. The molecule has 0 saturated carbocycles. The fourth-order valence-corrected chi connectivity index (χ4v) is 2.04. The standard InChI is InChI=1S/C10H7F3O3S/c11-10(12,13)17(14,15)16-9-6-5-7-3-1-2-4-8(7)9/h1-6,9H. The van der Waals surface area contributed by atoms with E-state index < -0.39 is 21.7 Å². The van der Waals surface area contributed by atoms with Crippen LogP contribution in [0.25, 0.3) is 6.08 Å². The molecule has 0 spiro atoms. The first-order valence-electron chi connectivity index (χ1n) is 4.58. The molecular weight excluding hydrogens is 257 g/mol. The molecule has 17 heavy (non-hydrogen) atoms. The van der Waals surface area contributed by atoms with Crippen molar-refractivity contribution in [2.24, 2.45) is 0 Å². The topological polar surface area (TPSA) is 43.4 Å². The molecule has 92 valence electrons. The van der Waals surface area contributed by atoms with E-state index in [4.69, 9.17) is 0 Å². The van der Waals surface area contributed by atoms with Gasteiger partial charge in [0.1, 0.15) is 6.10 Å². The molecule has 0 heterocycles. The second-order valence-electron chi connectivity index (χ2n) is 3.40. The van der Waals surface area contributed by atoms with Crippen LogP contribution >= 0.6 is 0 Å². The molecule has 0 aromatic heterocycles. The van der Waals surface area contributed by atoms with Gasteiger partial charge in [0.05, 0.1) is 0 Å². The van der Waals surface area contributed by atoms with Gasteiger partial charge < -0.3 is 0 Å². The predicted molar refractivity (Wildman–Crippen MR) is 54.3 cm³/mol. The molecule has 0 fully saturated rings. The minimum atomic E-state index is -5.58. The van der Waals surface area contributed by atoms with E-state index >= 15 is 0 Å². The molecule has 0 bridgehead atoms. The molecule has 3 nitrogen and oxygen atoms in total. The summed E-state index contributed by atoms with van der Waals surface area (Å²) in [5, 5.41) is 0. The van der Waals surface area contributed by atoms with Gasteiger partial charge in [0.25, 0.3) is 0 Å². The smallest absolute Gasteiger partial charge is 0.251 e. The van der Waals surface area contributed by atoms with Crippen LogP contribution in [0.4, 0.5) is 13.2 Å². The number of hydrogen-bond acceptors (Lipinski definition) is 3. The van der Waals surface area contributed by atoms with E-state index in [1.807, 2.05) is 0 Å². The Kier molecular flexibility index (Phi) is 2.75. The molecule has 1 aliphatic carbocycles. The van der Waals surface area contributed by atoms with E-state index in [9.17, 15) is 21.6 Å². The lowest BCUT2D eigenvalue weighted by molar-refractivity contribution is -0.0560. The van der Waals surface area contributed by atoms with E-state index in [1.54, 1.807) is 18.2 Å². The largest absolute Gasteiger partial charge is 0.523 e. The van der Waals surface area contributed by atoms with Crippen LogP contribution in [-0.4, -0.2) is 13.9 Å². The van der Waals surface area contributed by atoms with Crippen molar-refractivity contribution in [2.75, 3.05) is 0 Å². The van der Waals surface area contributed by atoms with Crippen molar-refractivity contribution in [2.45, 2.75) is 11.6 Å². The van der Waals surface area contributed by atoms with Gasteiger partial charge in [0.2, 0.25) is 0 Å². The van der Waals surface area contributed by atoms with Crippen LogP contribution in [0.1, 0.15) is 17.2 Å². The lowest BCUT2D eigenvalue weighted by Gasteiger charge is -2.13. The number of benzene rings is 1. The minimum absolute atomic E-state index is 0.403. The van der Waals surface area contributed by atoms with Crippen molar-refractivity contribution in [3.05, 3.63) is 41.5 Å². The summed E-state index contributed by atoms with van der Waals surface area (Å²) in [6.45, 7) is 0. The Bertz CT molecular complexity index is 560. The quantitative estimate of drug-likeness (QED) is 0.609. The molecular formula is C10H7F3O3S. The summed E-state index contributed by atoms with van der Waals surface area (Å²) >= 11 is 0. The Morgan fingerprint density at radius 2 is 1.82 bits per heavy atom. The number of fused-ring (bicyclic) bond motifs is 1. The SMILES string of the molecule is O=S(=O)(OC1C=Cc2ccccc21)C(F)(F)F. The van der Waals surface area contributed by atoms with Crippen molar-refractivity contribution < 1.29 is 25.8 Å². The molecule has 0 amide bonds. The summed E-state index contributed by atoms with van der Waals surface area (Å²) in [4.78, 5) is 0. The highest BCUT2D eigenvalue weighted by Gasteiger charge is 2.48. The normalized spacial score (nSPS) is 19.4. The summed E-state index contributed by atoms with van der Waals surface area (Å²) in [6.07, 6.45) is 1.58. The Balaban J connectivity index is 2.27. The van der Waals surface area contributed by atoms with E-state index in [-0.39, 0.29) is 0 Å². The van der Waals surface area contributed by atoms with Crippen molar-refractivity contribution in [3.63, 3.8) is 0 Å². The maximum absolute atomic E-state index is 12.1. The first-order valence-corrected chi connectivity index (χ1v) is 5.99. The fourth-order valence-electron chi connectivity index (χ4n) is 1.49. The molecule has 0 N–H and O–H groups in total. The monoisotopic (exact) mass is 264 g/mol. The van der Waals surface area contributed by atoms with Crippen LogP contribution in [0, 0.1) is 0 Å². The maximum Gasteiger partial charge on any atom is 0.523 e. The Morgan fingerprint density at radius 3 is 2.47 bits per heavy atom. The van der Waals surface area contributed by atoms with Gasteiger partial charge in [-0.2, -0.15) is 21.6 Å². The van der Waals surface area contributed by atoms with Gasteiger partial charge in [0.15, 0.2) is 0 Å². The Hall–Kier alpha value is -1.34. The van der Waals surface area contributed by atoms with Crippen molar-refractivity contribution in [1.29, 1.82) is 0 Å². The second kappa shape index (κ2) is 3.85. The molecule has 0 radical (unpaired) electrons. The minimum Gasteiger partial charge on any atom is -0.251 e. The second-order valence-corrected chi connectivity index (χ2v) is 4.97. The third kappa shape index (κ3) is 2.20. The van der Waals surface area contributed by atoms with E-state index in [1.165, 1.54) is 18.2 Å². The third-order valence-corrected chi connectivity index (χ3v) is 3.29. The molecule has 2 rings (SSSR count). The van der Waals surface area contributed by atoms with E-state index in [0.717, 1.165) is 0 Å². The maximum atomic E-state index is 12.1.